The van der Waals surface area contributed by atoms with E-state index < -0.39 is 5.97 Å². The fourth-order valence-electron chi connectivity index (χ4n) is 2.07. The molecule has 108 valence electrons. The molecular weight excluding hydrogens is 256 g/mol. The van der Waals surface area contributed by atoms with Crippen LogP contribution in [-0.4, -0.2) is 34.6 Å². The van der Waals surface area contributed by atoms with Gasteiger partial charge in [0.15, 0.2) is 0 Å². The van der Waals surface area contributed by atoms with Crippen LogP contribution in [0.2, 0.25) is 0 Å². The van der Waals surface area contributed by atoms with Crippen molar-refractivity contribution in [3.05, 3.63) is 35.9 Å². The molecule has 0 spiro atoms. The van der Waals surface area contributed by atoms with Crippen LogP contribution in [0, 0.1) is 0 Å². The van der Waals surface area contributed by atoms with Crippen LogP contribution in [0.4, 0.5) is 4.79 Å². The lowest BCUT2D eigenvalue weighted by molar-refractivity contribution is -0.137. The van der Waals surface area contributed by atoms with Gasteiger partial charge in [-0.05, 0) is 24.8 Å². The van der Waals surface area contributed by atoms with E-state index in [0.29, 0.717) is 25.6 Å². The summed E-state index contributed by atoms with van der Waals surface area (Å²) >= 11 is 0. The fraction of sp³-hybridized carbons (Fsp3) is 0.467. The van der Waals surface area contributed by atoms with Crippen LogP contribution < -0.4 is 5.32 Å². The van der Waals surface area contributed by atoms with Gasteiger partial charge in [0.25, 0.3) is 0 Å². The average Bonchev–Trinajstić information content (AvgIpc) is 3.26. The van der Waals surface area contributed by atoms with Gasteiger partial charge in [0.1, 0.15) is 0 Å². The van der Waals surface area contributed by atoms with Gasteiger partial charge in [-0.25, -0.2) is 4.79 Å². The van der Waals surface area contributed by atoms with E-state index in [-0.39, 0.29) is 12.5 Å². The minimum Gasteiger partial charge on any atom is -0.481 e. The summed E-state index contributed by atoms with van der Waals surface area (Å²) in [5, 5.41) is 11.4. The number of hydrogen-bond acceptors (Lipinski definition) is 2. The van der Waals surface area contributed by atoms with E-state index in [1.165, 1.54) is 0 Å². The lowest BCUT2D eigenvalue weighted by atomic mass is 10.2. The second-order valence-corrected chi connectivity index (χ2v) is 5.07. The second kappa shape index (κ2) is 6.93. The molecule has 5 heteroatoms. The first-order valence-electron chi connectivity index (χ1n) is 6.97. The third-order valence-corrected chi connectivity index (χ3v) is 3.29. The highest BCUT2D eigenvalue weighted by Crippen LogP contribution is 2.28. The highest BCUT2D eigenvalue weighted by molar-refractivity contribution is 5.75. The number of urea groups is 1. The zero-order chi connectivity index (χ0) is 14.4. The van der Waals surface area contributed by atoms with Crippen LogP contribution >= 0.6 is 0 Å². The Kier molecular flexibility index (Phi) is 4.98. The number of carbonyl (C=O) groups excluding carboxylic acids is 1. The van der Waals surface area contributed by atoms with Gasteiger partial charge in [-0.3, -0.25) is 4.79 Å². The molecule has 0 unspecified atom stereocenters. The standard InChI is InChI=1S/C15H20N2O3/c18-14(19)7-4-10-16-15(20)17(13-8-9-13)11-12-5-2-1-3-6-12/h1-3,5-6,13H,4,7-11H2,(H,16,20)(H,18,19). The number of nitrogens with zero attached hydrogens (tertiary/aromatic N) is 1. The summed E-state index contributed by atoms with van der Waals surface area (Å²) in [7, 11) is 0. The molecule has 1 aliphatic rings. The maximum absolute atomic E-state index is 12.1. The maximum atomic E-state index is 12.1. The smallest absolute Gasteiger partial charge is 0.317 e. The molecule has 2 rings (SSSR count). The number of carboxylic acid groups (broad SMARTS) is 1. The zero-order valence-electron chi connectivity index (χ0n) is 11.4. The molecule has 1 aromatic carbocycles. The average molecular weight is 276 g/mol. The zero-order valence-corrected chi connectivity index (χ0v) is 11.4. The first-order chi connectivity index (χ1) is 9.66. The number of nitrogens with one attached hydrogen (secondary N) is 1. The Morgan fingerprint density at radius 2 is 1.95 bits per heavy atom. The van der Waals surface area contributed by atoms with Gasteiger partial charge in [0.05, 0.1) is 0 Å². The van der Waals surface area contributed by atoms with Crippen LogP contribution in [-0.2, 0) is 11.3 Å². The second-order valence-electron chi connectivity index (χ2n) is 5.07. The van der Waals surface area contributed by atoms with Crippen molar-refractivity contribution in [1.29, 1.82) is 0 Å². The van der Waals surface area contributed by atoms with Crippen LogP contribution in [0.1, 0.15) is 31.2 Å². The molecule has 0 aliphatic heterocycles. The third kappa shape index (κ3) is 4.57. The normalized spacial score (nSPS) is 13.8. The van der Waals surface area contributed by atoms with Crippen molar-refractivity contribution in [2.75, 3.05) is 6.54 Å². The molecule has 0 atom stereocenters. The van der Waals surface area contributed by atoms with Gasteiger partial charge in [0.2, 0.25) is 0 Å². The highest BCUT2D eigenvalue weighted by atomic mass is 16.4. The lowest BCUT2D eigenvalue weighted by Gasteiger charge is -2.23. The minimum atomic E-state index is -0.831. The van der Waals surface area contributed by atoms with E-state index in [4.69, 9.17) is 5.11 Å². The predicted octanol–water partition coefficient (Wildman–Crippen LogP) is 2.23. The van der Waals surface area contributed by atoms with Crippen molar-refractivity contribution in [3.8, 4) is 0 Å². The third-order valence-electron chi connectivity index (χ3n) is 3.29. The Labute approximate surface area is 118 Å². The van der Waals surface area contributed by atoms with Crippen molar-refractivity contribution >= 4 is 12.0 Å². The Morgan fingerprint density at radius 1 is 1.25 bits per heavy atom. The first kappa shape index (κ1) is 14.4. The summed E-state index contributed by atoms with van der Waals surface area (Å²) in [5.41, 5.74) is 1.11. The molecule has 5 nitrogen and oxygen atoms in total. The fourth-order valence-corrected chi connectivity index (χ4v) is 2.07. The molecule has 1 aliphatic carbocycles. The van der Waals surface area contributed by atoms with Crippen molar-refractivity contribution in [3.63, 3.8) is 0 Å². The molecule has 2 N–H and O–H groups in total. The molecule has 0 heterocycles. The number of amides is 2. The van der Waals surface area contributed by atoms with Gasteiger partial charge >= 0.3 is 12.0 Å². The molecule has 1 saturated carbocycles. The quantitative estimate of drug-likeness (QED) is 0.750. The summed E-state index contributed by atoms with van der Waals surface area (Å²) < 4.78 is 0. The van der Waals surface area contributed by atoms with Gasteiger partial charge in [-0.15, -0.1) is 0 Å². The van der Waals surface area contributed by atoms with E-state index in [0.717, 1.165) is 18.4 Å². The number of carboxylic acids is 1. The van der Waals surface area contributed by atoms with Crippen LogP contribution in [0.25, 0.3) is 0 Å². The number of rotatable bonds is 7. The van der Waals surface area contributed by atoms with Crippen LogP contribution in [0.3, 0.4) is 0 Å². The molecular formula is C15H20N2O3. The summed E-state index contributed by atoms with van der Waals surface area (Å²) in [5.74, 6) is -0.831. The first-order valence-corrected chi connectivity index (χ1v) is 6.97. The van der Waals surface area contributed by atoms with E-state index in [1.54, 1.807) is 0 Å². The van der Waals surface area contributed by atoms with E-state index in [2.05, 4.69) is 5.32 Å². The summed E-state index contributed by atoms with van der Waals surface area (Å²) in [6.45, 7) is 1.01. The Hall–Kier alpha value is -2.04. The van der Waals surface area contributed by atoms with Crippen LogP contribution in [0.5, 0.6) is 0 Å². The van der Waals surface area contributed by atoms with Crippen molar-refractivity contribution in [2.24, 2.45) is 0 Å². The number of hydrogen-bond donors (Lipinski definition) is 2. The topological polar surface area (TPSA) is 69.6 Å². The van der Waals surface area contributed by atoms with E-state index >= 15 is 0 Å². The van der Waals surface area contributed by atoms with Gasteiger partial charge in [0, 0.05) is 25.6 Å². The molecule has 0 radical (unpaired) electrons. The monoisotopic (exact) mass is 276 g/mol. The Bertz CT molecular complexity index is 457. The number of carbonyl (C=O) groups is 2. The van der Waals surface area contributed by atoms with Gasteiger partial charge in [-0.1, -0.05) is 30.3 Å². The lowest BCUT2D eigenvalue weighted by Crippen LogP contribution is -2.41. The number of aliphatic carboxylic acids is 1. The largest absolute Gasteiger partial charge is 0.481 e. The van der Waals surface area contributed by atoms with E-state index in [9.17, 15) is 9.59 Å². The van der Waals surface area contributed by atoms with Gasteiger partial charge < -0.3 is 15.3 Å². The number of benzene rings is 1. The SMILES string of the molecule is O=C(O)CCCNC(=O)N(Cc1ccccc1)C1CC1. The van der Waals surface area contributed by atoms with Crippen molar-refractivity contribution in [2.45, 2.75) is 38.3 Å². The molecule has 1 fully saturated rings. The summed E-state index contributed by atoms with van der Waals surface area (Å²) in [6.07, 6.45) is 2.65. The summed E-state index contributed by atoms with van der Waals surface area (Å²) in [4.78, 5) is 24.4. The van der Waals surface area contributed by atoms with Crippen molar-refractivity contribution < 1.29 is 14.7 Å². The Morgan fingerprint density at radius 3 is 2.55 bits per heavy atom. The van der Waals surface area contributed by atoms with E-state index in [1.807, 2.05) is 35.2 Å². The molecule has 0 aromatic heterocycles. The molecule has 2 amide bonds. The Balaban J connectivity index is 1.82. The molecule has 20 heavy (non-hydrogen) atoms. The predicted molar refractivity (Wildman–Crippen MR) is 75.3 cm³/mol. The molecule has 0 saturated heterocycles. The van der Waals surface area contributed by atoms with Gasteiger partial charge in [-0.2, -0.15) is 0 Å². The molecule has 1 aromatic rings. The maximum Gasteiger partial charge on any atom is 0.317 e. The van der Waals surface area contributed by atoms with Crippen molar-refractivity contribution in [1.82, 2.24) is 10.2 Å². The highest BCUT2D eigenvalue weighted by Gasteiger charge is 2.32. The molecule has 0 bridgehead atoms. The van der Waals surface area contributed by atoms with Crippen LogP contribution in [0.15, 0.2) is 30.3 Å². The summed E-state index contributed by atoms with van der Waals surface area (Å²) in [6, 6.07) is 10.1. The minimum absolute atomic E-state index is 0.0857.